The quantitative estimate of drug-likeness (QED) is 0.297. The van der Waals surface area contributed by atoms with Gasteiger partial charge in [0.05, 0.1) is 17.3 Å². The maximum absolute atomic E-state index is 13.6. The number of hydrogen-bond acceptors (Lipinski definition) is 7. The Morgan fingerprint density at radius 2 is 1.88 bits per heavy atom. The Balaban J connectivity index is 1.56. The Morgan fingerprint density at radius 1 is 1.10 bits per heavy atom. The number of allylic oxidation sites excluding steroid dienone is 1. The first-order valence-corrected chi connectivity index (χ1v) is 15.7. The van der Waals surface area contributed by atoms with Gasteiger partial charge in [-0.3, -0.25) is 14.5 Å². The lowest BCUT2D eigenvalue weighted by Crippen LogP contribution is -2.40. The second kappa shape index (κ2) is 11.7. The van der Waals surface area contributed by atoms with Crippen LogP contribution in [0.4, 0.5) is 11.6 Å². The molecule has 5 heterocycles. The van der Waals surface area contributed by atoms with Gasteiger partial charge in [0.2, 0.25) is 0 Å². The van der Waals surface area contributed by atoms with Crippen molar-refractivity contribution in [3.05, 3.63) is 76.7 Å². The summed E-state index contributed by atoms with van der Waals surface area (Å²) in [6.45, 7) is 18.4. The number of hydrogen-bond donors (Lipinski definition) is 2. The molecule has 0 radical (unpaired) electrons. The molecule has 0 aromatic carbocycles. The minimum absolute atomic E-state index is 0.0108. The first-order chi connectivity index (χ1) is 19.8. The molecule has 222 valence electrons. The maximum Gasteiger partial charge on any atom is 0.265 e. The van der Waals surface area contributed by atoms with E-state index in [1.165, 1.54) is 17.5 Å². The molecule has 0 spiro atoms. The molecule has 5 rings (SSSR count). The topological polar surface area (TPSA) is 83.0 Å². The second-order valence-corrected chi connectivity index (χ2v) is 14.6. The van der Waals surface area contributed by atoms with Gasteiger partial charge < -0.3 is 10.2 Å². The van der Waals surface area contributed by atoms with Crippen molar-refractivity contribution in [3.63, 3.8) is 0 Å². The second-order valence-electron chi connectivity index (χ2n) is 13.7. The zero-order valence-corrected chi connectivity index (χ0v) is 27.0. The number of rotatable bonds is 2. The number of nitrogens with zero attached hydrogens (tertiary/aromatic N) is 4. The average Bonchev–Trinajstić information content (AvgIpc) is 3.25. The molecule has 7 nitrogen and oxygen atoms in total. The summed E-state index contributed by atoms with van der Waals surface area (Å²) in [5, 5.41) is 4.40. The summed E-state index contributed by atoms with van der Waals surface area (Å²) in [6.07, 6.45) is 6.02. The largest absolute Gasteiger partial charge is 0.362 e. The molecule has 3 atom stereocenters. The highest BCUT2D eigenvalue weighted by Crippen LogP contribution is 2.43. The molecular weight excluding hydrogens is 540 g/mol. The molecule has 42 heavy (non-hydrogen) atoms. The zero-order valence-electron chi connectivity index (χ0n) is 26.2. The lowest BCUT2D eigenvalue weighted by molar-refractivity contribution is 0.0984. The number of fused-ring (bicyclic) bond motifs is 6. The van der Waals surface area contributed by atoms with Gasteiger partial charge in [-0.05, 0) is 88.3 Å². The molecule has 1 fully saturated rings. The Kier molecular flexibility index (Phi) is 8.39. The predicted molar refractivity (Wildman–Crippen MR) is 174 cm³/mol. The molecule has 0 aliphatic carbocycles. The van der Waals surface area contributed by atoms with E-state index in [0.29, 0.717) is 22.4 Å². The van der Waals surface area contributed by atoms with Gasteiger partial charge in [0.15, 0.2) is 0 Å². The molecular formula is C34H44N6OS. The smallest absolute Gasteiger partial charge is 0.265 e. The molecule has 2 aliphatic rings. The standard InChI is InChI=1S/C34H44N6OS/c1-21(2)16-23-12-14-26(35-19-23)27-17-22(3)24-18-34(7,8)40(20-24)31-25(13-15-28(37-31)33(4,5)6)32(41)39-42-30-11-9-10-29(36-27)38-30/h9-16,19,22,24,27H,17-18,20H2,1-8H3,(H,36,38)(H,39,41)/t22-,24-,27?/m0/s1. The zero-order chi connectivity index (χ0) is 30.2. The van der Waals surface area contributed by atoms with Crippen LogP contribution in [0.15, 0.2) is 59.3 Å². The number of amides is 1. The van der Waals surface area contributed by atoms with Gasteiger partial charge in [0.1, 0.15) is 16.7 Å². The summed E-state index contributed by atoms with van der Waals surface area (Å²) in [5.41, 5.74) is 4.64. The van der Waals surface area contributed by atoms with Crippen molar-refractivity contribution in [2.75, 3.05) is 16.8 Å². The van der Waals surface area contributed by atoms with Gasteiger partial charge in [0.25, 0.3) is 5.91 Å². The van der Waals surface area contributed by atoms with Gasteiger partial charge in [-0.25, -0.2) is 9.97 Å². The molecule has 1 unspecified atom stereocenters. The van der Waals surface area contributed by atoms with E-state index >= 15 is 0 Å². The summed E-state index contributed by atoms with van der Waals surface area (Å²) >= 11 is 1.23. The Hall–Kier alpha value is -3.39. The van der Waals surface area contributed by atoms with E-state index in [1.807, 2.05) is 36.5 Å². The molecule has 8 heteroatoms. The third kappa shape index (κ3) is 6.64. The van der Waals surface area contributed by atoms with Crippen LogP contribution in [-0.4, -0.2) is 32.9 Å². The molecule has 2 aliphatic heterocycles. The highest BCUT2D eigenvalue weighted by Gasteiger charge is 2.43. The third-order valence-corrected chi connectivity index (χ3v) is 9.11. The average molecular weight is 585 g/mol. The van der Waals surface area contributed by atoms with E-state index in [9.17, 15) is 4.79 Å². The number of carbonyl (C=O) groups is 1. The molecule has 1 saturated heterocycles. The Labute approximate surface area is 255 Å². The van der Waals surface area contributed by atoms with Crippen molar-refractivity contribution in [2.45, 2.75) is 90.3 Å². The van der Waals surface area contributed by atoms with Gasteiger partial charge in [-0.15, -0.1) is 0 Å². The first kappa shape index (κ1) is 30.1. The lowest BCUT2D eigenvalue weighted by Gasteiger charge is -2.34. The maximum atomic E-state index is 13.6. The monoisotopic (exact) mass is 584 g/mol. The van der Waals surface area contributed by atoms with Crippen LogP contribution in [0.1, 0.15) is 102 Å². The summed E-state index contributed by atoms with van der Waals surface area (Å²) in [6, 6.07) is 14.0. The number of pyridine rings is 3. The van der Waals surface area contributed by atoms with E-state index < -0.39 is 0 Å². The van der Waals surface area contributed by atoms with Gasteiger partial charge in [-0.1, -0.05) is 51.5 Å². The molecule has 1 amide bonds. The van der Waals surface area contributed by atoms with E-state index in [1.54, 1.807) is 0 Å². The Bertz CT molecular complexity index is 1470. The van der Waals surface area contributed by atoms with Gasteiger partial charge in [0, 0.05) is 41.3 Å². The first-order valence-electron chi connectivity index (χ1n) is 14.9. The van der Waals surface area contributed by atoms with E-state index in [4.69, 9.17) is 15.0 Å². The van der Waals surface area contributed by atoms with Crippen LogP contribution < -0.4 is 14.9 Å². The number of carbonyl (C=O) groups excluding carboxylic acids is 1. The molecule has 4 bridgehead atoms. The molecule has 3 aromatic heterocycles. The van der Waals surface area contributed by atoms with Crippen molar-refractivity contribution in [1.29, 1.82) is 0 Å². The van der Waals surface area contributed by atoms with Crippen molar-refractivity contribution in [2.24, 2.45) is 11.8 Å². The predicted octanol–water partition coefficient (Wildman–Crippen LogP) is 7.83. The SMILES string of the molecule is CC(C)=Cc1ccc(C2C[C@H](C)[C@@H]3CN(c4nc(C(C)(C)C)ccc4C(=O)NSc4cccc(n4)N2)C(C)(C)C3)nc1. The van der Waals surface area contributed by atoms with Crippen molar-refractivity contribution < 1.29 is 4.79 Å². The van der Waals surface area contributed by atoms with Crippen LogP contribution in [0.3, 0.4) is 0 Å². The van der Waals surface area contributed by atoms with Crippen LogP contribution in [0, 0.1) is 11.8 Å². The van der Waals surface area contributed by atoms with E-state index in [2.05, 4.69) is 88.5 Å². The van der Waals surface area contributed by atoms with Crippen LogP contribution in [0.2, 0.25) is 0 Å². The molecule has 2 N–H and O–H groups in total. The third-order valence-electron chi connectivity index (χ3n) is 8.38. The van der Waals surface area contributed by atoms with E-state index in [-0.39, 0.29) is 22.9 Å². The summed E-state index contributed by atoms with van der Waals surface area (Å²) in [5.74, 6) is 2.18. The molecule has 3 aromatic rings. The number of aromatic nitrogens is 3. The number of nitrogens with one attached hydrogen (secondary N) is 2. The lowest BCUT2D eigenvalue weighted by atomic mass is 9.83. The fourth-order valence-corrected chi connectivity index (χ4v) is 6.64. The van der Waals surface area contributed by atoms with E-state index in [0.717, 1.165) is 48.0 Å². The number of anilines is 2. The van der Waals surface area contributed by atoms with Crippen molar-refractivity contribution in [1.82, 2.24) is 19.7 Å². The van der Waals surface area contributed by atoms with Crippen molar-refractivity contribution in [3.8, 4) is 0 Å². The van der Waals surface area contributed by atoms with Crippen LogP contribution in [0.25, 0.3) is 6.08 Å². The summed E-state index contributed by atoms with van der Waals surface area (Å²) in [4.78, 5) is 30.9. The molecule has 0 saturated carbocycles. The fraction of sp³-hybridized carbons (Fsp3) is 0.471. The van der Waals surface area contributed by atoms with Crippen molar-refractivity contribution >= 4 is 35.6 Å². The normalized spacial score (nSPS) is 22.2. The van der Waals surface area contributed by atoms with Gasteiger partial charge >= 0.3 is 0 Å². The summed E-state index contributed by atoms with van der Waals surface area (Å²) < 4.78 is 3.04. The Morgan fingerprint density at radius 3 is 2.57 bits per heavy atom. The summed E-state index contributed by atoms with van der Waals surface area (Å²) in [7, 11) is 0. The van der Waals surface area contributed by atoms with Gasteiger partial charge in [-0.2, -0.15) is 0 Å². The minimum Gasteiger partial charge on any atom is -0.362 e. The highest BCUT2D eigenvalue weighted by molar-refractivity contribution is 7.97. The fourth-order valence-electron chi connectivity index (χ4n) is 6.04. The van der Waals surface area contributed by atoms with Crippen LogP contribution in [0.5, 0.6) is 0 Å². The van der Waals surface area contributed by atoms with Crippen LogP contribution >= 0.6 is 11.9 Å². The minimum atomic E-state index is -0.163. The van der Waals surface area contributed by atoms with Crippen LogP contribution in [-0.2, 0) is 5.41 Å². The highest BCUT2D eigenvalue weighted by atomic mass is 32.2.